The second-order valence-electron chi connectivity index (χ2n) is 6.62. The number of hydrogen-bond acceptors (Lipinski definition) is 6. The molecule has 0 N–H and O–H groups in total. The summed E-state index contributed by atoms with van der Waals surface area (Å²) in [5, 5.41) is 0.941. The number of carbonyl (C=O) groups is 2. The number of ether oxygens (including phenoxy) is 3. The molecule has 160 valence electrons. The summed E-state index contributed by atoms with van der Waals surface area (Å²) < 4.78 is 16.0. The molecule has 1 aliphatic heterocycles. The Morgan fingerprint density at radius 3 is 2.47 bits per heavy atom. The third kappa shape index (κ3) is 4.66. The lowest BCUT2D eigenvalue weighted by Crippen LogP contribution is -2.09. The highest BCUT2D eigenvalue weighted by Crippen LogP contribution is 2.31. The molecule has 0 atom stereocenters. The number of benzene rings is 3. The fourth-order valence-corrected chi connectivity index (χ4v) is 3.26. The summed E-state index contributed by atoms with van der Waals surface area (Å²) in [7, 11) is 1.45. The molecule has 0 saturated carbocycles. The van der Waals surface area contributed by atoms with Crippen molar-refractivity contribution in [1.29, 1.82) is 0 Å². The number of rotatable bonds is 5. The van der Waals surface area contributed by atoms with Gasteiger partial charge in [-0.25, -0.2) is 14.6 Å². The van der Waals surface area contributed by atoms with Crippen LogP contribution in [0.15, 0.2) is 77.4 Å². The molecule has 0 radical (unpaired) electrons. The lowest BCUT2D eigenvalue weighted by atomic mass is 10.1. The number of aliphatic imine (C=N–C) groups is 1. The number of cyclic esters (lactones) is 1. The Bertz CT molecular complexity index is 1270. The van der Waals surface area contributed by atoms with E-state index in [0.717, 1.165) is 0 Å². The molecule has 0 bridgehead atoms. The molecule has 3 aromatic rings. The SMILES string of the molecule is COc1cc(C=C2N=C(c3ccccc3Cl)OC2=O)ccc1OC(=O)c1ccc(Cl)cc1. The molecule has 3 aromatic carbocycles. The largest absolute Gasteiger partial charge is 0.493 e. The van der Waals surface area contributed by atoms with Crippen molar-refractivity contribution in [2.75, 3.05) is 7.11 Å². The summed E-state index contributed by atoms with van der Waals surface area (Å²) in [6, 6.07) is 18.1. The van der Waals surface area contributed by atoms with E-state index in [4.69, 9.17) is 37.4 Å². The zero-order valence-electron chi connectivity index (χ0n) is 16.7. The summed E-state index contributed by atoms with van der Waals surface area (Å²) in [4.78, 5) is 28.9. The normalized spacial score (nSPS) is 14.2. The van der Waals surface area contributed by atoms with Crippen LogP contribution in [-0.2, 0) is 9.53 Å². The van der Waals surface area contributed by atoms with E-state index in [2.05, 4.69) is 4.99 Å². The first-order valence-electron chi connectivity index (χ1n) is 9.38. The van der Waals surface area contributed by atoms with Gasteiger partial charge >= 0.3 is 11.9 Å². The smallest absolute Gasteiger partial charge is 0.363 e. The van der Waals surface area contributed by atoms with Crippen molar-refractivity contribution in [2.24, 2.45) is 4.99 Å². The first-order valence-corrected chi connectivity index (χ1v) is 10.1. The Hall–Kier alpha value is -3.61. The minimum Gasteiger partial charge on any atom is -0.493 e. The van der Waals surface area contributed by atoms with Gasteiger partial charge in [-0.05, 0) is 60.2 Å². The molecule has 0 spiro atoms. The summed E-state index contributed by atoms with van der Waals surface area (Å²) in [6.07, 6.45) is 1.54. The number of halogens is 2. The monoisotopic (exact) mass is 467 g/mol. The minimum atomic E-state index is -0.600. The molecular formula is C24H15Cl2NO5. The quantitative estimate of drug-likeness (QED) is 0.278. The summed E-state index contributed by atoms with van der Waals surface area (Å²) >= 11 is 12.0. The van der Waals surface area contributed by atoms with Crippen LogP contribution in [0.3, 0.4) is 0 Å². The van der Waals surface area contributed by atoms with Crippen molar-refractivity contribution in [2.45, 2.75) is 0 Å². The van der Waals surface area contributed by atoms with Gasteiger partial charge in [0.2, 0.25) is 5.90 Å². The highest BCUT2D eigenvalue weighted by molar-refractivity contribution is 6.34. The molecule has 0 saturated heterocycles. The highest BCUT2D eigenvalue weighted by atomic mass is 35.5. The Balaban J connectivity index is 1.58. The lowest BCUT2D eigenvalue weighted by molar-refractivity contribution is -0.129. The van der Waals surface area contributed by atoms with Gasteiger partial charge in [0.1, 0.15) is 0 Å². The zero-order chi connectivity index (χ0) is 22.7. The van der Waals surface area contributed by atoms with Crippen LogP contribution in [0.25, 0.3) is 6.08 Å². The van der Waals surface area contributed by atoms with Gasteiger partial charge in [0.05, 0.1) is 23.3 Å². The third-order valence-corrected chi connectivity index (χ3v) is 5.08. The number of carbonyl (C=O) groups excluding carboxylic acids is 2. The maximum atomic E-state index is 12.4. The number of hydrogen-bond donors (Lipinski definition) is 0. The van der Waals surface area contributed by atoms with Crippen molar-refractivity contribution >= 4 is 47.1 Å². The first kappa shape index (κ1) is 21.6. The van der Waals surface area contributed by atoms with Crippen LogP contribution in [-0.4, -0.2) is 24.9 Å². The van der Waals surface area contributed by atoms with Crippen LogP contribution >= 0.6 is 23.2 Å². The summed E-state index contributed by atoms with van der Waals surface area (Å²) in [6.45, 7) is 0. The predicted octanol–water partition coefficient (Wildman–Crippen LogP) is 5.57. The van der Waals surface area contributed by atoms with E-state index >= 15 is 0 Å². The zero-order valence-corrected chi connectivity index (χ0v) is 18.2. The first-order chi connectivity index (χ1) is 15.4. The van der Waals surface area contributed by atoms with E-state index in [0.29, 0.717) is 32.5 Å². The average molecular weight is 468 g/mol. The van der Waals surface area contributed by atoms with E-state index in [1.54, 1.807) is 72.8 Å². The van der Waals surface area contributed by atoms with Crippen LogP contribution in [0.4, 0.5) is 0 Å². The second kappa shape index (κ2) is 9.26. The van der Waals surface area contributed by atoms with E-state index in [1.165, 1.54) is 7.11 Å². The van der Waals surface area contributed by atoms with Crippen LogP contribution in [0, 0.1) is 0 Å². The Kier molecular flexibility index (Phi) is 6.25. The van der Waals surface area contributed by atoms with Gasteiger partial charge in [0.25, 0.3) is 0 Å². The maximum Gasteiger partial charge on any atom is 0.363 e. The van der Waals surface area contributed by atoms with Gasteiger partial charge in [-0.2, -0.15) is 0 Å². The van der Waals surface area contributed by atoms with E-state index in [-0.39, 0.29) is 17.3 Å². The van der Waals surface area contributed by atoms with Crippen molar-refractivity contribution in [1.82, 2.24) is 0 Å². The van der Waals surface area contributed by atoms with Crippen LogP contribution in [0.5, 0.6) is 11.5 Å². The average Bonchev–Trinajstić information content (AvgIpc) is 3.15. The van der Waals surface area contributed by atoms with Gasteiger partial charge in [-0.15, -0.1) is 0 Å². The van der Waals surface area contributed by atoms with Gasteiger partial charge in [-0.1, -0.05) is 41.4 Å². The second-order valence-corrected chi connectivity index (χ2v) is 7.47. The van der Waals surface area contributed by atoms with Gasteiger partial charge in [-0.3, -0.25) is 0 Å². The summed E-state index contributed by atoms with van der Waals surface area (Å²) in [5.41, 5.74) is 1.57. The van der Waals surface area contributed by atoms with E-state index in [9.17, 15) is 9.59 Å². The van der Waals surface area contributed by atoms with E-state index in [1.807, 2.05) is 0 Å². The molecule has 1 aliphatic rings. The Labute approximate surface area is 193 Å². The van der Waals surface area contributed by atoms with Crippen molar-refractivity contribution in [3.63, 3.8) is 0 Å². The Morgan fingerprint density at radius 1 is 1.00 bits per heavy atom. The molecule has 0 amide bonds. The van der Waals surface area contributed by atoms with Gasteiger partial charge in [0.15, 0.2) is 17.2 Å². The van der Waals surface area contributed by atoms with E-state index < -0.39 is 11.9 Å². The van der Waals surface area contributed by atoms with Crippen molar-refractivity contribution < 1.29 is 23.8 Å². The fourth-order valence-electron chi connectivity index (χ4n) is 2.92. The Morgan fingerprint density at radius 2 is 1.75 bits per heavy atom. The standard InChI is InChI=1S/C24H15Cl2NO5/c1-30-21-13-14(6-11-20(21)31-23(28)15-7-9-16(25)10-8-15)12-19-24(29)32-22(27-19)17-4-2-3-5-18(17)26/h2-13H,1H3. The molecule has 0 unspecified atom stereocenters. The van der Waals surface area contributed by atoms with Crippen molar-refractivity contribution in [3.05, 3.63) is 99.2 Å². The number of nitrogens with zero attached hydrogens (tertiary/aromatic N) is 1. The molecule has 0 aromatic heterocycles. The fraction of sp³-hybridized carbons (Fsp3) is 0.0417. The third-order valence-electron chi connectivity index (χ3n) is 4.50. The highest BCUT2D eigenvalue weighted by Gasteiger charge is 2.25. The molecule has 0 fully saturated rings. The number of methoxy groups -OCH3 is 1. The van der Waals surface area contributed by atoms with Crippen LogP contribution in [0.1, 0.15) is 21.5 Å². The predicted molar refractivity (Wildman–Crippen MR) is 121 cm³/mol. The van der Waals surface area contributed by atoms with Gasteiger partial charge in [0, 0.05) is 5.02 Å². The lowest BCUT2D eigenvalue weighted by Gasteiger charge is -2.10. The van der Waals surface area contributed by atoms with Gasteiger partial charge < -0.3 is 14.2 Å². The molecule has 8 heteroatoms. The molecule has 0 aliphatic carbocycles. The van der Waals surface area contributed by atoms with Crippen molar-refractivity contribution in [3.8, 4) is 11.5 Å². The number of esters is 2. The van der Waals surface area contributed by atoms with Crippen LogP contribution < -0.4 is 9.47 Å². The molecule has 6 nitrogen and oxygen atoms in total. The maximum absolute atomic E-state index is 12.4. The molecule has 4 rings (SSSR count). The molecular weight excluding hydrogens is 453 g/mol. The minimum absolute atomic E-state index is 0.105. The topological polar surface area (TPSA) is 74.2 Å². The summed E-state index contributed by atoms with van der Waals surface area (Å²) in [5.74, 6) is -0.490. The molecule has 1 heterocycles. The molecule has 32 heavy (non-hydrogen) atoms. The van der Waals surface area contributed by atoms with Crippen LogP contribution in [0.2, 0.25) is 10.0 Å².